The van der Waals surface area contributed by atoms with Gasteiger partial charge in [-0.2, -0.15) is 0 Å². The zero-order chi connectivity index (χ0) is 16.7. The number of anilines is 1. The van der Waals surface area contributed by atoms with Crippen molar-refractivity contribution in [3.05, 3.63) is 29.8 Å². The van der Waals surface area contributed by atoms with E-state index < -0.39 is 0 Å². The molecule has 3 amide bonds. The minimum absolute atomic E-state index is 0.0886. The summed E-state index contributed by atoms with van der Waals surface area (Å²) >= 11 is 0. The van der Waals surface area contributed by atoms with Gasteiger partial charge in [0.1, 0.15) is 0 Å². The van der Waals surface area contributed by atoms with Gasteiger partial charge >= 0.3 is 6.03 Å². The molecule has 2 N–H and O–H groups in total. The maximum Gasteiger partial charge on any atom is 0.319 e. The predicted octanol–water partition coefficient (Wildman–Crippen LogP) is 3.33. The number of hydrogen-bond donors (Lipinski definition) is 2. The maximum atomic E-state index is 12.0. The smallest absolute Gasteiger partial charge is 0.319 e. The molecule has 0 aliphatic rings. The van der Waals surface area contributed by atoms with Gasteiger partial charge in [-0.3, -0.25) is 4.79 Å². The molecule has 0 radical (unpaired) electrons. The van der Waals surface area contributed by atoms with E-state index >= 15 is 0 Å². The van der Waals surface area contributed by atoms with Crippen molar-refractivity contribution >= 4 is 17.6 Å². The average molecular weight is 305 g/mol. The van der Waals surface area contributed by atoms with E-state index in [1.807, 2.05) is 6.92 Å². The molecular formula is C17H27N3O2. The fourth-order valence-corrected chi connectivity index (χ4v) is 2.03. The molecule has 0 heterocycles. The van der Waals surface area contributed by atoms with Crippen molar-refractivity contribution in [3.63, 3.8) is 0 Å². The van der Waals surface area contributed by atoms with Crippen LogP contribution in [0.25, 0.3) is 0 Å². The minimum Gasteiger partial charge on any atom is -0.345 e. The van der Waals surface area contributed by atoms with Gasteiger partial charge in [0.05, 0.1) is 0 Å². The summed E-state index contributed by atoms with van der Waals surface area (Å²) in [6.07, 6.45) is 2.03. The first-order valence-corrected chi connectivity index (χ1v) is 7.68. The molecule has 0 aliphatic heterocycles. The molecule has 0 saturated heterocycles. The highest BCUT2D eigenvalue weighted by molar-refractivity contribution is 5.96. The molecule has 1 rings (SSSR count). The first kappa shape index (κ1) is 18.0. The fourth-order valence-electron chi connectivity index (χ4n) is 2.03. The molecule has 0 bridgehead atoms. The summed E-state index contributed by atoms with van der Waals surface area (Å²) in [4.78, 5) is 25.4. The average Bonchev–Trinajstić information content (AvgIpc) is 2.44. The van der Waals surface area contributed by atoms with Crippen molar-refractivity contribution in [2.45, 2.75) is 39.7 Å². The molecule has 0 aliphatic carbocycles. The molecule has 22 heavy (non-hydrogen) atoms. The number of carbonyl (C=O) groups is 2. The largest absolute Gasteiger partial charge is 0.345 e. The summed E-state index contributed by atoms with van der Waals surface area (Å²) in [5.74, 6) is 0.537. The third-order valence-electron chi connectivity index (χ3n) is 3.33. The third-order valence-corrected chi connectivity index (χ3v) is 3.33. The van der Waals surface area contributed by atoms with Crippen LogP contribution in [0.2, 0.25) is 0 Å². The predicted molar refractivity (Wildman–Crippen MR) is 90.1 cm³/mol. The number of urea groups is 1. The Morgan fingerprint density at radius 1 is 1.14 bits per heavy atom. The fraction of sp³-hybridized carbons (Fsp3) is 0.529. The monoisotopic (exact) mass is 305 g/mol. The van der Waals surface area contributed by atoms with Gasteiger partial charge in [-0.25, -0.2) is 4.79 Å². The normalized spacial score (nSPS) is 11.9. The molecule has 1 aromatic rings. The highest BCUT2D eigenvalue weighted by Gasteiger charge is 2.11. The quantitative estimate of drug-likeness (QED) is 0.847. The van der Waals surface area contributed by atoms with E-state index in [1.165, 1.54) is 4.90 Å². The number of rotatable bonds is 6. The molecular weight excluding hydrogens is 278 g/mol. The van der Waals surface area contributed by atoms with Crippen molar-refractivity contribution in [3.8, 4) is 0 Å². The Morgan fingerprint density at radius 2 is 1.82 bits per heavy atom. The van der Waals surface area contributed by atoms with Crippen molar-refractivity contribution in [1.29, 1.82) is 0 Å². The molecule has 5 nitrogen and oxygen atoms in total. The van der Waals surface area contributed by atoms with Crippen LogP contribution < -0.4 is 10.6 Å². The van der Waals surface area contributed by atoms with E-state index in [4.69, 9.17) is 0 Å². The first-order valence-electron chi connectivity index (χ1n) is 7.68. The van der Waals surface area contributed by atoms with Crippen molar-refractivity contribution in [1.82, 2.24) is 10.2 Å². The van der Waals surface area contributed by atoms with Crippen LogP contribution in [0, 0.1) is 5.92 Å². The van der Waals surface area contributed by atoms with Crippen LogP contribution in [-0.2, 0) is 0 Å². The number of hydrogen-bond acceptors (Lipinski definition) is 2. The van der Waals surface area contributed by atoms with Gasteiger partial charge in [-0.15, -0.1) is 0 Å². The van der Waals surface area contributed by atoms with E-state index in [9.17, 15) is 9.59 Å². The van der Waals surface area contributed by atoms with E-state index in [0.29, 0.717) is 17.2 Å². The number of nitrogens with zero attached hydrogens (tertiary/aromatic N) is 1. The van der Waals surface area contributed by atoms with E-state index in [-0.39, 0.29) is 18.0 Å². The standard InChI is InChI=1S/C17H27N3O2/c1-12(2)9-10-13(3)18-17(22)19-15-8-6-7-14(11-15)16(21)20(4)5/h6-8,11-13H,9-10H2,1-5H3,(H2,18,19,22)/t13-/m0/s1. The number of amides is 3. The number of carbonyl (C=O) groups excluding carboxylic acids is 2. The lowest BCUT2D eigenvalue weighted by atomic mass is 10.0. The third kappa shape index (κ3) is 6.16. The number of benzene rings is 1. The molecule has 0 spiro atoms. The zero-order valence-corrected chi connectivity index (χ0v) is 14.1. The lowest BCUT2D eigenvalue weighted by Crippen LogP contribution is -2.36. The summed E-state index contributed by atoms with van der Waals surface area (Å²) in [7, 11) is 3.40. The molecule has 0 fully saturated rings. The Labute approximate surface area is 133 Å². The Balaban J connectivity index is 2.57. The topological polar surface area (TPSA) is 61.4 Å². The molecule has 122 valence electrons. The van der Waals surface area contributed by atoms with Crippen LogP contribution in [0.4, 0.5) is 10.5 Å². The molecule has 0 aromatic heterocycles. The second-order valence-electron chi connectivity index (χ2n) is 6.25. The number of nitrogens with one attached hydrogen (secondary N) is 2. The lowest BCUT2D eigenvalue weighted by Gasteiger charge is -2.16. The highest BCUT2D eigenvalue weighted by Crippen LogP contribution is 2.12. The van der Waals surface area contributed by atoms with Gasteiger partial charge in [0.15, 0.2) is 0 Å². The Morgan fingerprint density at radius 3 is 2.41 bits per heavy atom. The van der Waals surface area contributed by atoms with Gasteiger partial charge in [-0.05, 0) is 43.9 Å². The minimum atomic E-state index is -0.245. The summed E-state index contributed by atoms with van der Waals surface area (Å²) < 4.78 is 0. The second-order valence-corrected chi connectivity index (χ2v) is 6.25. The van der Waals surface area contributed by atoms with Crippen molar-refractivity contribution < 1.29 is 9.59 Å². The lowest BCUT2D eigenvalue weighted by molar-refractivity contribution is 0.0827. The molecule has 1 aromatic carbocycles. The SMILES string of the molecule is CC(C)CC[C@H](C)NC(=O)Nc1cccc(C(=O)N(C)C)c1. The van der Waals surface area contributed by atoms with Crippen LogP contribution in [0.3, 0.4) is 0 Å². The Hall–Kier alpha value is -2.04. The highest BCUT2D eigenvalue weighted by atomic mass is 16.2. The molecule has 0 saturated carbocycles. The van der Waals surface area contributed by atoms with Gasteiger partial charge in [-0.1, -0.05) is 19.9 Å². The first-order chi connectivity index (χ1) is 10.3. The van der Waals surface area contributed by atoms with Gasteiger partial charge in [0.2, 0.25) is 0 Å². The van der Waals surface area contributed by atoms with Crippen LogP contribution >= 0.6 is 0 Å². The van der Waals surface area contributed by atoms with Crippen molar-refractivity contribution in [2.24, 2.45) is 5.92 Å². The summed E-state index contributed by atoms with van der Waals surface area (Å²) in [6, 6.07) is 6.82. The van der Waals surface area contributed by atoms with Gasteiger partial charge in [0.25, 0.3) is 5.91 Å². The summed E-state index contributed by atoms with van der Waals surface area (Å²) in [5, 5.41) is 5.68. The maximum absolute atomic E-state index is 12.0. The van der Waals surface area contributed by atoms with E-state index in [2.05, 4.69) is 24.5 Å². The summed E-state index contributed by atoms with van der Waals surface area (Å²) in [5.41, 5.74) is 1.16. The van der Waals surface area contributed by atoms with Crippen LogP contribution in [-0.4, -0.2) is 37.0 Å². The Bertz CT molecular complexity index is 512. The summed E-state index contributed by atoms with van der Waals surface area (Å²) in [6.45, 7) is 6.33. The second kappa shape index (κ2) is 8.41. The van der Waals surface area contributed by atoms with Gasteiger partial charge in [0, 0.05) is 31.4 Å². The van der Waals surface area contributed by atoms with E-state index in [1.54, 1.807) is 38.4 Å². The van der Waals surface area contributed by atoms with E-state index in [0.717, 1.165) is 12.8 Å². The van der Waals surface area contributed by atoms with Gasteiger partial charge < -0.3 is 15.5 Å². The zero-order valence-electron chi connectivity index (χ0n) is 14.1. The Kier molecular flexibility index (Phi) is 6.89. The van der Waals surface area contributed by atoms with Crippen LogP contribution in [0.15, 0.2) is 24.3 Å². The molecule has 1 atom stereocenters. The molecule has 0 unspecified atom stereocenters. The van der Waals surface area contributed by atoms with Crippen LogP contribution in [0.1, 0.15) is 44.0 Å². The van der Waals surface area contributed by atoms with Crippen molar-refractivity contribution in [2.75, 3.05) is 19.4 Å². The molecule has 5 heteroatoms. The van der Waals surface area contributed by atoms with Crippen LogP contribution in [0.5, 0.6) is 0 Å².